The van der Waals surface area contributed by atoms with Gasteiger partial charge >= 0.3 is 0 Å². The van der Waals surface area contributed by atoms with E-state index in [0.29, 0.717) is 5.75 Å². The van der Waals surface area contributed by atoms with Crippen LogP contribution in [0, 0.1) is 5.41 Å². The number of ether oxygens (including phenoxy) is 1. The molecule has 0 fully saturated rings. The predicted octanol–water partition coefficient (Wildman–Crippen LogP) is 2.62. The Morgan fingerprint density at radius 2 is 1.26 bits per heavy atom. The minimum Gasteiger partial charge on any atom is -0.493 e. The number of benzene rings is 1. The topological polar surface area (TPSA) is 69.9 Å². The summed E-state index contributed by atoms with van der Waals surface area (Å²) in [5, 5.41) is 28.2. The molecule has 0 saturated carbocycles. The fourth-order valence-electron chi connectivity index (χ4n) is 2.41. The van der Waals surface area contributed by atoms with Gasteiger partial charge in [0.25, 0.3) is 0 Å². The Labute approximate surface area is 140 Å². The number of aliphatic hydroxyl groups is 3. The highest BCUT2D eigenvalue weighted by Gasteiger charge is 2.30. The van der Waals surface area contributed by atoms with Gasteiger partial charge in [-0.3, -0.25) is 0 Å². The van der Waals surface area contributed by atoms with Crippen LogP contribution in [0.5, 0.6) is 5.75 Å². The fraction of sp³-hybridized carbons (Fsp3) is 0.684. The molecule has 0 aliphatic heterocycles. The minimum atomic E-state index is -1.02. The van der Waals surface area contributed by atoms with Crippen LogP contribution in [0.1, 0.15) is 52.7 Å². The Bertz CT molecular complexity index is 497. The van der Waals surface area contributed by atoms with Gasteiger partial charge in [-0.05, 0) is 34.1 Å². The molecule has 0 atom stereocenters. The molecule has 0 aliphatic rings. The summed E-state index contributed by atoms with van der Waals surface area (Å²) in [5.41, 5.74) is 1.47. The third-order valence-corrected chi connectivity index (χ3v) is 4.16. The lowest BCUT2D eigenvalue weighted by molar-refractivity contribution is -0.0259. The van der Waals surface area contributed by atoms with Crippen molar-refractivity contribution in [1.29, 1.82) is 0 Å². The van der Waals surface area contributed by atoms with Crippen LogP contribution in [0.2, 0.25) is 0 Å². The van der Waals surface area contributed by atoms with Gasteiger partial charge in [-0.25, -0.2) is 0 Å². The van der Waals surface area contributed by atoms with Crippen LogP contribution < -0.4 is 4.74 Å². The number of aliphatic hydroxyl groups excluding tert-OH is 3. The molecule has 0 radical (unpaired) electrons. The van der Waals surface area contributed by atoms with Crippen LogP contribution in [0.25, 0.3) is 0 Å². The molecule has 0 bridgehead atoms. The first kappa shape index (κ1) is 19.9. The lowest BCUT2D eigenvalue weighted by Crippen LogP contribution is -2.39. The van der Waals surface area contributed by atoms with E-state index < -0.39 is 5.41 Å². The highest BCUT2D eigenvalue weighted by molar-refractivity contribution is 5.43. The monoisotopic (exact) mass is 324 g/mol. The Morgan fingerprint density at radius 1 is 0.783 bits per heavy atom. The SMILES string of the molecule is CC(C)(C)c1ccc(OCC(CO)(CO)CO)cc1C(C)(C)C. The molecule has 0 spiro atoms. The Morgan fingerprint density at radius 3 is 1.65 bits per heavy atom. The Hall–Kier alpha value is -1.10. The molecular weight excluding hydrogens is 292 g/mol. The third-order valence-electron chi connectivity index (χ3n) is 4.16. The molecule has 0 unspecified atom stereocenters. The number of hydrogen-bond acceptors (Lipinski definition) is 4. The molecule has 1 rings (SSSR count). The molecular formula is C19H32O4. The lowest BCUT2D eigenvalue weighted by atomic mass is 9.75. The van der Waals surface area contributed by atoms with E-state index in [4.69, 9.17) is 4.74 Å². The summed E-state index contributed by atoms with van der Waals surface area (Å²) >= 11 is 0. The average Bonchev–Trinajstić information content (AvgIpc) is 2.47. The normalized spacial score (nSPS) is 13.3. The number of rotatable bonds is 6. The third kappa shape index (κ3) is 4.93. The molecule has 1 aromatic carbocycles. The van der Waals surface area contributed by atoms with Crippen molar-refractivity contribution in [3.63, 3.8) is 0 Å². The highest BCUT2D eigenvalue weighted by atomic mass is 16.5. The van der Waals surface area contributed by atoms with E-state index in [1.54, 1.807) is 0 Å². The second-order valence-electron chi connectivity index (χ2n) is 8.47. The first-order valence-electron chi connectivity index (χ1n) is 8.09. The van der Waals surface area contributed by atoms with Crippen molar-refractivity contribution in [2.45, 2.75) is 52.4 Å². The summed E-state index contributed by atoms with van der Waals surface area (Å²) in [6.07, 6.45) is 0. The van der Waals surface area contributed by atoms with Crippen molar-refractivity contribution in [3.8, 4) is 5.75 Å². The van der Waals surface area contributed by atoms with Crippen molar-refractivity contribution < 1.29 is 20.1 Å². The van der Waals surface area contributed by atoms with Gasteiger partial charge in [0.15, 0.2) is 0 Å². The molecule has 23 heavy (non-hydrogen) atoms. The van der Waals surface area contributed by atoms with Crippen molar-refractivity contribution in [2.75, 3.05) is 26.4 Å². The van der Waals surface area contributed by atoms with E-state index in [1.165, 1.54) is 11.1 Å². The predicted molar refractivity (Wildman–Crippen MR) is 93.0 cm³/mol. The molecule has 0 aliphatic carbocycles. The average molecular weight is 324 g/mol. The zero-order chi connectivity index (χ0) is 17.9. The fourth-order valence-corrected chi connectivity index (χ4v) is 2.41. The van der Waals surface area contributed by atoms with Gasteiger partial charge in [0.1, 0.15) is 12.4 Å². The lowest BCUT2D eigenvalue weighted by Gasteiger charge is -2.31. The van der Waals surface area contributed by atoms with Gasteiger partial charge in [0, 0.05) is 0 Å². The van der Waals surface area contributed by atoms with E-state index in [-0.39, 0.29) is 37.3 Å². The quantitative estimate of drug-likeness (QED) is 0.752. The van der Waals surface area contributed by atoms with Gasteiger partial charge < -0.3 is 20.1 Å². The van der Waals surface area contributed by atoms with Crippen molar-refractivity contribution in [3.05, 3.63) is 29.3 Å². The van der Waals surface area contributed by atoms with E-state index in [0.717, 1.165) is 0 Å². The second kappa shape index (κ2) is 7.20. The van der Waals surface area contributed by atoms with E-state index in [9.17, 15) is 15.3 Å². The highest BCUT2D eigenvalue weighted by Crippen LogP contribution is 2.36. The van der Waals surface area contributed by atoms with Crippen LogP contribution in [-0.2, 0) is 10.8 Å². The summed E-state index contributed by atoms with van der Waals surface area (Å²) in [7, 11) is 0. The Balaban J connectivity index is 3.12. The second-order valence-corrected chi connectivity index (χ2v) is 8.47. The summed E-state index contributed by atoms with van der Waals surface area (Å²) in [5.74, 6) is 0.683. The van der Waals surface area contributed by atoms with Gasteiger partial charge in [-0.15, -0.1) is 0 Å². The van der Waals surface area contributed by atoms with Gasteiger partial charge in [-0.1, -0.05) is 47.6 Å². The van der Waals surface area contributed by atoms with Crippen LogP contribution in [0.3, 0.4) is 0 Å². The molecule has 3 N–H and O–H groups in total. The minimum absolute atomic E-state index is 0.0238. The van der Waals surface area contributed by atoms with Gasteiger partial charge in [0.05, 0.1) is 25.2 Å². The van der Waals surface area contributed by atoms with Crippen molar-refractivity contribution in [1.82, 2.24) is 0 Å². The van der Waals surface area contributed by atoms with Crippen molar-refractivity contribution >= 4 is 0 Å². The summed E-state index contributed by atoms with van der Waals surface area (Å²) in [4.78, 5) is 0. The molecule has 132 valence electrons. The maximum Gasteiger partial charge on any atom is 0.119 e. The zero-order valence-corrected chi connectivity index (χ0v) is 15.3. The largest absolute Gasteiger partial charge is 0.493 e. The van der Waals surface area contributed by atoms with Gasteiger partial charge in [-0.2, -0.15) is 0 Å². The van der Waals surface area contributed by atoms with Crippen molar-refractivity contribution in [2.24, 2.45) is 5.41 Å². The van der Waals surface area contributed by atoms with E-state index >= 15 is 0 Å². The van der Waals surface area contributed by atoms with Crippen LogP contribution in [0.4, 0.5) is 0 Å². The molecule has 0 saturated heterocycles. The maximum atomic E-state index is 9.39. The molecule has 0 heterocycles. The van der Waals surface area contributed by atoms with E-state index in [2.05, 4.69) is 47.6 Å². The van der Waals surface area contributed by atoms with Crippen LogP contribution in [0.15, 0.2) is 18.2 Å². The summed E-state index contributed by atoms with van der Waals surface area (Å²) < 4.78 is 5.77. The first-order valence-corrected chi connectivity index (χ1v) is 8.09. The van der Waals surface area contributed by atoms with Gasteiger partial charge in [0.2, 0.25) is 0 Å². The van der Waals surface area contributed by atoms with Crippen LogP contribution >= 0.6 is 0 Å². The molecule has 0 aromatic heterocycles. The molecule has 4 nitrogen and oxygen atoms in total. The standard InChI is InChI=1S/C19H32O4/c1-17(2,3)15-8-7-14(9-16(15)18(4,5)6)23-13-19(10-20,11-21)12-22/h7-9,20-22H,10-13H2,1-6H3. The van der Waals surface area contributed by atoms with Crippen LogP contribution in [-0.4, -0.2) is 41.7 Å². The summed E-state index contributed by atoms with van der Waals surface area (Å²) in [6.45, 7) is 12.1. The molecule has 4 heteroatoms. The first-order chi connectivity index (χ1) is 10.5. The number of hydrogen-bond donors (Lipinski definition) is 3. The van der Waals surface area contributed by atoms with E-state index in [1.807, 2.05) is 12.1 Å². The molecule has 0 amide bonds. The molecule has 1 aromatic rings. The smallest absolute Gasteiger partial charge is 0.119 e. The summed E-state index contributed by atoms with van der Waals surface area (Å²) in [6, 6.07) is 6.01. The maximum absolute atomic E-state index is 9.39. The Kier molecular flexibility index (Phi) is 6.25. The zero-order valence-electron chi connectivity index (χ0n) is 15.3.